The number of anilines is 2. The third-order valence-electron chi connectivity index (χ3n) is 3.34. The van der Waals surface area contributed by atoms with Gasteiger partial charge >= 0.3 is 0 Å². The molecule has 0 fully saturated rings. The van der Waals surface area contributed by atoms with Crippen molar-refractivity contribution in [2.24, 2.45) is 0 Å². The number of nitrogens with zero attached hydrogens (tertiary/aromatic N) is 2. The molecule has 0 aliphatic carbocycles. The smallest absolute Gasteiger partial charge is 0.272 e. The first-order valence-electron chi connectivity index (χ1n) is 6.72. The minimum atomic E-state index is -0.362. The van der Waals surface area contributed by atoms with Crippen molar-refractivity contribution in [3.63, 3.8) is 0 Å². The highest BCUT2D eigenvalue weighted by atomic mass is 16.6. The van der Waals surface area contributed by atoms with Gasteiger partial charge in [0.05, 0.1) is 4.92 Å². The number of hydrogen-bond acceptors (Lipinski definition) is 4. The first-order chi connectivity index (χ1) is 9.97. The summed E-state index contributed by atoms with van der Waals surface area (Å²) in [6.45, 7) is 2.43. The summed E-state index contributed by atoms with van der Waals surface area (Å²) < 4.78 is 0. The topological polar surface area (TPSA) is 58.4 Å². The fourth-order valence-corrected chi connectivity index (χ4v) is 2.09. The number of nitrogens with one attached hydrogen (secondary N) is 1. The van der Waals surface area contributed by atoms with Gasteiger partial charge in [0.15, 0.2) is 0 Å². The van der Waals surface area contributed by atoms with Crippen LogP contribution in [0, 0.1) is 17.0 Å². The van der Waals surface area contributed by atoms with E-state index in [1.165, 1.54) is 6.07 Å². The summed E-state index contributed by atoms with van der Waals surface area (Å²) >= 11 is 0. The Kier molecular flexibility index (Phi) is 4.42. The molecule has 0 aliphatic rings. The molecular formula is C16H19N3O2. The average Bonchev–Trinajstić information content (AvgIpc) is 2.45. The van der Waals surface area contributed by atoms with Crippen LogP contribution in [0.5, 0.6) is 0 Å². The zero-order valence-electron chi connectivity index (χ0n) is 12.5. The Morgan fingerprint density at radius 3 is 2.33 bits per heavy atom. The van der Waals surface area contributed by atoms with Gasteiger partial charge in [-0.05, 0) is 36.8 Å². The summed E-state index contributed by atoms with van der Waals surface area (Å²) in [7, 11) is 4.01. The van der Waals surface area contributed by atoms with E-state index in [4.69, 9.17) is 0 Å². The summed E-state index contributed by atoms with van der Waals surface area (Å²) in [6.07, 6.45) is 0. The zero-order chi connectivity index (χ0) is 15.4. The standard InChI is InChI=1S/C16H19N3O2/c1-12-10-14(6-9-16(12)19(20)21)17-11-13-4-7-15(8-5-13)18(2)3/h4-10,17H,11H2,1-3H3. The van der Waals surface area contributed by atoms with E-state index in [0.29, 0.717) is 12.1 Å². The van der Waals surface area contributed by atoms with Gasteiger partial charge in [-0.2, -0.15) is 0 Å². The maximum atomic E-state index is 10.8. The number of nitro groups is 1. The minimum Gasteiger partial charge on any atom is -0.381 e. The van der Waals surface area contributed by atoms with Crippen LogP contribution in [0.15, 0.2) is 42.5 Å². The average molecular weight is 285 g/mol. The van der Waals surface area contributed by atoms with Gasteiger partial charge in [-0.25, -0.2) is 0 Å². The third-order valence-corrected chi connectivity index (χ3v) is 3.34. The lowest BCUT2D eigenvalue weighted by atomic mass is 10.1. The minimum absolute atomic E-state index is 0.149. The lowest BCUT2D eigenvalue weighted by Gasteiger charge is -2.13. The highest BCUT2D eigenvalue weighted by Crippen LogP contribution is 2.22. The first-order valence-corrected chi connectivity index (χ1v) is 6.72. The molecular weight excluding hydrogens is 266 g/mol. The third kappa shape index (κ3) is 3.72. The maximum absolute atomic E-state index is 10.8. The van der Waals surface area contributed by atoms with E-state index in [2.05, 4.69) is 34.5 Å². The maximum Gasteiger partial charge on any atom is 0.272 e. The van der Waals surface area contributed by atoms with E-state index in [-0.39, 0.29) is 10.6 Å². The van der Waals surface area contributed by atoms with Gasteiger partial charge in [0, 0.05) is 43.6 Å². The van der Waals surface area contributed by atoms with Gasteiger partial charge < -0.3 is 10.2 Å². The fraction of sp³-hybridized carbons (Fsp3) is 0.250. The fourth-order valence-electron chi connectivity index (χ4n) is 2.09. The summed E-state index contributed by atoms with van der Waals surface area (Å²) in [5.41, 5.74) is 4.01. The molecule has 110 valence electrons. The molecule has 0 heterocycles. The summed E-state index contributed by atoms with van der Waals surface area (Å²) in [5.74, 6) is 0. The molecule has 0 unspecified atom stereocenters. The van der Waals surface area contributed by atoms with Crippen molar-refractivity contribution in [3.8, 4) is 0 Å². The quantitative estimate of drug-likeness (QED) is 0.674. The molecule has 2 aromatic carbocycles. The van der Waals surface area contributed by atoms with E-state index in [1.807, 2.05) is 14.1 Å². The van der Waals surface area contributed by atoms with Crippen LogP contribution in [0.1, 0.15) is 11.1 Å². The second-order valence-corrected chi connectivity index (χ2v) is 5.17. The molecule has 0 aliphatic heterocycles. The van der Waals surface area contributed by atoms with Crippen LogP contribution in [-0.2, 0) is 6.54 Å². The molecule has 1 N–H and O–H groups in total. The van der Waals surface area contributed by atoms with Gasteiger partial charge in [0.1, 0.15) is 0 Å². The van der Waals surface area contributed by atoms with Crippen LogP contribution in [0.3, 0.4) is 0 Å². The Balaban J connectivity index is 2.03. The molecule has 0 amide bonds. The van der Waals surface area contributed by atoms with Crippen LogP contribution in [0.25, 0.3) is 0 Å². The lowest BCUT2D eigenvalue weighted by molar-refractivity contribution is -0.385. The van der Waals surface area contributed by atoms with Crippen molar-refractivity contribution in [1.82, 2.24) is 0 Å². The Bertz CT molecular complexity index is 636. The zero-order valence-corrected chi connectivity index (χ0v) is 12.5. The van der Waals surface area contributed by atoms with Crippen molar-refractivity contribution in [2.45, 2.75) is 13.5 Å². The molecule has 21 heavy (non-hydrogen) atoms. The summed E-state index contributed by atoms with van der Waals surface area (Å²) in [6, 6.07) is 13.3. The number of benzene rings is 2. The SMILES string of the molecule is Cc1cc(NCc2ccc(N(C)C)cc2)ccc1[N+](=O)[O-]. The van der Waals surface area contributed by atoms with Crippen LogP contribution in [0.4, 0.5) is 17.1 Å². The number of rotatable bonds is 5. The Hall–Kier alpha value is -2.56. The molecule has 0 bridgehead atoms. The van der Waals surface area contributed by atoms with E-state index < -0.39 is 0 Å². The molecule has 0 spiro atoms. The molecule has 0 saturated heterocycles. The molecule has 5 nitrogen and oxygen atoms in total. The highest BCUT2D eigenvalue weighted by molar-refractivity contribution is 5.54. The van der Waals surface area contributed by atoms with E-state index in [9.17, 15) is 10.1 Å². The number of hydrogen-bond donors (Lipinski definition) is 1. The van der Waals surface area contributed by atoms with Crippen LogP contribution in [0.2, 0.25) is 0 Å². The number of nitro benzene ring substituents is 1. The molecule has 0 saturated carbocycles. The Morgan fingerprint density at radius 2 is 1.81 bits per heavy atom. The Morgan fingerprint density at radius 1 is 1.14 bits per heavy atom. The molecule has 0 aromatic heterocycles. The normalized spacial score (nSPS) is 10.2. The second-order valence-electron chi connectivity index (χ2n) is 5.17. The Labute approximate surface area is 124 Å². The van der Waals surface area contributed by atoms with Gasteiger partial charge in [-0.15, -0.1) is 0 Å². The van der Waals surface area contributed by atoms with Gasteiger partial charge in [-0.3, -0.25) is 10.1 Å². The van der Waals surface area contributed by atoms with E-state index in [1.54, 1.807) is 19.1 Å². The van der Waals surface area contributed by atoms with Gasteiger partial charge in [0.2, 0.25) is 0 Å². The summed E-state index contributed by atoms with van der Waals surface area (Å²) in [5, 5.41) is 14.1. The predicted octanol–water partition coefficient (Wildman–Crippen LogP) is 3.58. The lowest BCUT2D eigenvalue weighted by Crippen LogP contribution is -2.08. The highest BCUT2D eigenvalue weighted by Gasteiger charge is 2.09. The predicted molar refractivity (Wildman–Crippen MR) is 85.9 cm³/mol. The van der Waals surface area contributed by atoms with Crippen LogP contribution < -0.4 is 10.2 Å². The summed E-state index contributed by atoms with van der Waals surface area (Å²) in [4.78, 5) is 12.5. The molecule has 0 radical (unpaired) electrons. The molecule has 5 heteroatoms. The molecule has 2 rings (SSSR count). The molecule has 2 aromatic rings. The van der Waals surface area contributed by atoms with Crippen LogP contribution in [-0.4, -0.2) is 19.0 Å². The number of aryl methyl sites for hydroxylation is 1. The van der Waals surface area contributed by atoms with Crippen molar-refractivity contribution in [3.05, 3.63) is 63.7 Å². The van der Waals surface area contributed by atoms with Crippen molar-refractivity contribution in [1.29, 1.82) is 0 Å². The van der Waals surface area contributed by atoms with Crippen molar-refractivity contribution in [2.75, 3.05) is 24.3 Å². The second kappa shape index (κ2) is 6.26. The van der Waals surface area contributed by atoms with Crippen molar-refractivity contribution < 1.29 is 4.92 Å². The van der Waals surface area contributed by atoms with E-state index >= 15 is 0 Å². The van der Waals surface area contributed by atoms with Gasteiger partial charge in [0.25, 0.3) is 5.69 Å². The molecule has 0 atom stereocenters. The van der Waals surface area contributed by atoms with E-state index in [0.717, 1.165) is 16.9 Å². The van der Waals surface area contributed by atoms with Crippen LogP contribution >= 0.6 is 0 Å². The largest absolute Gasteiger partial charge is 0.381 e. The monoisotopic (exact) mass is 285 g/mol. The van der Waals surface area contributed by atoms with Crippen molar-refractivity contribution >= 4 is 17.1 Å². The van der Waals surface area contributed by atoms with Gasteiger partial charge in [-0.1, -0.05) is 12.1 Å². The first kappa shape index (κ1) is 14.8.